The van der Waals surface area contributed by atoms with Gasteiger partial charge in [-0.3, -0.25) is 0 Å². The molecule has 0 spiro atoms. The van der Waals surface area contributed by atoms with Crippen molar-refractivity contribution in [1.29, 1.82) is 5.26 Å². The zero-order valence-corrected chi connectivity index (χ0v) is 10.1. The number of hydrogen-bond donors (Lipinski definition) is 2. The molecule has 0 unspecified atom stereocenters. The normalized spacial score (nSPS) is 20.8. The summed E-state index contributed by atoms with van der Waals surface area (Å²) in [6.07, 6.45) is 0.801. The van der Waals surface area contributed by atoms with E-state index in [0.29, 0.717) is 11.4 Å². The van der Waals surface area contributed by atoms with Gasteiger partial charge in [-0.15, -0.1) is 11.3 Å². The highest BCUT2D eigenvalue weighted by atomic mass is 32.2. The summed E-state index contributed by atoms with van der Waals surface area (Å²) in [5.41, 5.74) is 0. The van der Waals surface area contributed by atoms with Crippen LogP contribution in [0.3, 0.4) is 0 Å². The number of thiophene rings is 1. The predicted molar refractivity (Wildman–Crippen MR) is 60.6 cm³/mol. The number of rotatable bonds is 3. The van der Waals surface area contributed by atoms with Gasteiger partial charge in [0.25, 0.3) is 0 Å². The minimum Gasteiger partial charge on any atom is -0.315 e. The second kappa shape index (κ2) is 4.51. The zero-order chi connectivity index (χ0) is 11.6. The third kappa shape index (κ3) is 2.41. The van der Waals surface area contributed by atoms with Crippen LogP contribution in [0.5, 0.6) is 0 Å². The van der Waals surface area contributed by atoms with Crippen molar-refractivity contribution >= 4 is 21.4 Å². The Morgan fingerprint density at radius 3 is 2.94 bits per heavy atom. The summed E-state index contributed by atoms with van der Waals surface area (Å²) in [4.78, 5) is 0.407. The molecule has 0 bridgehead atoms. The van der Waals surface area contributed by atoms with Crippen molar-refractivity contribution in [2.45, 2.75) is 16.7 Å². The van der Waals surface area contributed by atoms with Crippen LogP contribution in [0.2, 0.25) is 0 Å². The Morgan fingerprint density at radius 2 is 2.38 bits per heavy atom. The Labute approximate surface area is 98.1 Å². The lowest BCUT2D eigenvalue weighted by Gasteiger charge is -2.09. The Bertz CT molecular complexity index is 509. The van der Waals surface area contributed by atoms with Gasteiger partial charge in [0.15, 0.2) is 0 Å². The van der Waals surface area contributed by atoms with E-state index in [4.69, 9.17) is 5.26 Å². The molecule has 1 aromatic heterocycles. The molecule has 2 heterocycles. The Morgan fingerprint density at radius 1 is 1.56 bits per heavy atom. The summed E-state index contributed by atoms with van der Waals surface area (Å²) in [5.74, 6) is 0. The topological polar surface area (TPSA) is 82.0 Å². The molecule has 1 atom stereocenters. The fourth-order valence-corrected chi connectivity index (χ4v) is 3.95. The second-order valence-electron chi connectivity index (χ2n) is 3.54. The lowest BCUT2D eigenvalue weighted by Crippen LogP contribution is -2.35. The van der Waals surface area contributed by atoms with Gasteiger partial charge >= 0.3 is 0 Å². The molecule has 0 amide bonds. The minimum absolute atomic E-state index is 0.0439. The summed E-state index contributed by atoms with van der Waals surface area (Å²) in [6.45, 7) is 1.50. The fourth-order valence-electron chi connectivity index (χ4n) is 1.56. The van der Waals surface area contributed by atoms with Crippen LogP contribution in [0.25, 0.3) is 0 Å². The maximum Gasteiger partial charge on any atom is 0.250 e. The molecule has 1 saturated heterocycles. The van der Waals surface area contributed by atoms with Crippen molar-refractivity contribution < 1.29 is 8.42 Å². The van der Waals surface area contributed by atoms with Gasteiger partial charge in [0.2, 0.25) is 10.0 Å². The van der Waals surface area contributed by atoms with Crippen LogP contribution >= 0.6 is 11.3 Å². The monoisotopic (exact) mass is 257 g/mol. The SMILES string of the molecule is N#Cc1ccc(S(=O)(=O)N[C@@H]2CCNC2)s1. The second-order valence-corrected chi connectivity index (χ2v) is 6.57. The van der Waals surface area contributed by atoms with E-state index in [0.717, 1.165) is 24.3 Å². The molecule has 86 valence electrons. The van der Waals surface area contributed by atoms with Crippen LogP contribution in [0.1, 0.15) is 11.3 Å². The standard InChI is InChI=1S/C9H11N3O2S2/c10-5-8-1-2-9(15-8)16(13,14)12-7-3-4-11-6-7/h1-2,7,11-12H,3-4,6H2/t7-/m1/s1. The summed E-state index contributed by atoms with van der Waals surface area (Å²) in [7, 11) is -3.46. The molecule has 0 radical (unpaired) electrons. The lowest BCUT2D eigenvalue weighted by molar-refractivity contribution is 0.562. The molecule has 1 aromatic rings. The van der Waals surface area contributed by atoms with Crippen LogP contribution < -0.4 is 10.0 Å². The summed E-state index contributed by atoms with van der Waals surface area (Å²) >= 11 is 0.991. The average molecular weight is 257 g/mol. The maximum absolute atomic E-state index is 11.9. The largest absolute Gasteiger partial charge is 0.315 e. The van der Waals surface area contributed by atoms with Crippen molar-refractivity contribution in [2.24, 2.45) is 0 Å². The molecule has 7 heteroatoms. The van der Waals surface area contributed by atoms with Gasteiger partial charge in [0.05, 0.1) is 0 Å². The first-order chi connectivity index (χ1) is 7.62. The average Bonchev–Trinajstić information content (AvgIpc) is 2.85. The predicted octanol–water partition coefficient (Wildman–Crippen LogP) is 0.260. The third-order valence-electron chi connectivity index (χ3n) is 2.34. The van der Waals surface area contributed by atoms with E-state index in [2.05, 4.69) is 10.0 Å². The molecule has 1 aliphatic heterocycles. The highest BCUT2D eigenvalue weighted by Gasteiger charge is 2.23. The summed E-state index contributed by atoms with van der Waals surface area (Å²) in [5, 5.41) is 11.7. The molecule has 0 saturated carbocycles. The first-order valence-corrected chi connectivity index (χ1v) is 7.15. The van der Waals surface area contributed by atoms with Gasteiger partial charge in [0.1, 0.15) is 15.2 Å². The molecule has 16 heavy (non-hydrogen) atoms. The molecule has 0 aromatic carbocycles. The van der Waals surface area contributed by atoms with Crippen molar-refractivity contribution in [1.82, 2.24) is 10.0 Å². The minimum atomic E-state index is -3.46. The highest BCUT2D eigenvalue weighted by Crippen LogP contribution is 2.21. The maximum atomic E-state index is 11.9. The highest BCUT2D eigenvalue weighted by molar-refractivity contribution is 7.91. The van der Waals surface area contributed by atoms with Crippen LogP contribution in [-0.4, -0.2) is 27.5 Å². The quantitative estimate of drug-likeness (QED) is 0.814. The number of nitriles is 1. The lowest BCUT2D eigenvalue weighted by atomic mass is 10.3. The van der Waals surface area contributed by atoms with Crippen LogP contribution in [0, 0.1) is 11.3 Å². The van der Waals surface area contributed by atoms with Crippen LogP contribution in [0.4, 0.5) is 0 Å². The smallest absolute Gasteiger partial charge is 0.250 e. The van der Waals surface area contributed by atoms with E-state index in [1.807, 2.05) is 6.07 Å². The summed E-state index contributed by atoms with van der Waals surface area (Å²) in [6, 6.07) is 4.87. The van der Waals surface area contributed by atoms with Crippen molar-refractivity contribution in [2.75, 3.05) is 13.1 Å². The van der Waals surface area contributed by atoms with Crippen LogP contribution in [0.15, 0.2) is 16.3 Å². The number of sulfonamides is 1. The fraction of sp³-hybridized carbons (Fsp3) is 0.444. The number of nitrogens with zero attached hydrogens (tertiary/aromatic N) is 1. The van der Waals surface area contributed by atoms with E-state index < -0.39 is 10.0 Å². The van der Waals surface area contributed by atoms with E-state index in [1.165, 1.54) is 12.1 Å². The molecule has 1 aliphatic rings. The van der Waals surface area contributed by atoms with Crippen molar-refractivity contribution in [3.05, 3.63) is 17.0 Å². The van der Waals surface area contributed by atoms with Gasteiger partial charge in [0, 0.05) is 12.6 Å². The Kier molecular flexibility index (Phi) is 3.25. The van der Waals surface area contributed by atoms with E-state index in [9.17, 15) is 8.42 Å². The summed E-state index contributed by atoms with van der Waals surface area (Å²) < 4.78 is 26.6. The number of hydrogen-bond acceptors (Lipinski definition) is 5. The zero-order valence-electron chi connectivity index (χ0n) is 8.43. The van der Waals surface area contributed by atoms with Crippen LogP contribution in [-0.2, 0) is 10.0 Å². The van der Waals surface area contributed by atoms with Gasteiger partial charge in [-0.25, -0.2) is 13.1 Å². The van der Waals surface area contributed by atoms with Gasteiger partial charge < -0.3 is 5.32 Å². The van der Waals surface area contributed by atoms with Crippen molar-refractivity contribution in [3.63, 3.8) is 0 Å². The molecule has 2 rings (SSSR count). The molecular formula is C9H11N3O2S2. The Balaban J connectivity index is 2.15. The molecule has 0 aliphatic carbocycles. The molecule has 2 N–H and O–H groups in total. The molecule has 5 nitrogen and oxygen atoms in total. The Hall–Kier alpha value is -0.940. The van der Waals surface area contributed by atoms with E-state index in [1.54, 1.807) is 0 Å². The first-order valence-electron chi connectivity index (χ1n) is 4.85. The molecule has 1 fully saturated rings. The van der Waals surface area contributed by atoms with Gasteiger partial charge in [-0.2, -0.15) is 5.26 Å². The number of nitrogens with one attached hydrogen (secondary N) is 2. The third-order valence-corrected chi connectivity index (χ3v) is 5.34. The first kappa shape index (κ1) is 11.5. The van der Waals surface area contributed by atoms with Crippen molar-refractivity contribution in [3.8, 4) is 6.07 Å². The van der Waals surface area contributed by atoms with Gasteiger partial charge in [-0.1, -0.05) is 0 Å². The molecular weight excluding hydrogens is 246 g/mol. The van der Waals surface area contributed by atoms with E-state index >= 15 is 0 Å². The van der Waals surface area contributed by atoms with E-state index in [-0.39, 0.29) is 10.3 Å². The van der Waals surface area contributed by atoms with Gasteiger partial charge in [-0.05, 0) is 25.1 Å².